The lowest BCUT2D eigenvalue weighted by Gasteiger charge is -2.09. The number of unbranched alkanes of at least 4 members (excludes halogenated alkanes) is 4. The normalized spacial score (nSPS) is 10.1. The number of rotatable bonds is 9. The maximum absolute atomic E-state index is 11.7. The van der Waals surface area contributed by atoms with Gasteiger partial charge in [0.05, 0.1) is 7.11 Å². The van der Waals surface area contributed by atoms with E-state index < -0.39 is 11.8 Å². The van der Waals surface area contributed by atoms with Gasteiger partial charge in [0, 0.05) is 18.7 Å². The van der Waals surface area contributed by atoms with Crippen molar-refractivity contribution < 1.29 is 14.3 Å². The van der Waals surface area contributed by atoms with Gasteiger partial charge in [0.15, 0.2) is 0 Å². The van der Waals surface area contributed by atoms with Crippen molar-refractivity contribution in [1.29, 1.82) is 0 Å². The molecule has 122 valence electrons. The van der Waals surface area contributed by atoms with Gasteiger partial charge < -0.3 is 15.4 Å². The zero-order valence-electron chi connectivity index (χ0n) is 13.5. The predicted molar refractivity (Wildman–Crippen MR) is 86.6 cm³/mol. The zero-order chi connectivity index (χ0) is 16.2. The van der Waals surface area contributed by atoms with Crippen molar-refractivity contribution in [2.24, 2.45) is 0 Å². The summed E-state index contributed by atoms with van der Waals surface area (Å²) >= 11 is 0. The summed E-state index contributed by atoms with van der Waals surface area (Å²) in [5.74, 6) is -0.496. The van der Waals surface area contributed by atoms with Crippen LogP contribution in [0.25, 0.3) is 0 Å². The highest BCUT2D eigenvalue weighted by Crippen LogP contribution is 2.16. The fourth-order valence-electron chi connectivity index (χ4n) is 2.12. The topological polar surface area (TPSA) is 67.4 Å². The molecular formula is C17H26N2O3. The highest BCUT2D eigenvalue weighted by atomic mass is 16.5. The first kappa shape index (κ1) is 18.0. The Morgan fingerprint density at radius 3 is 2.41 bits per heavy atom. The van der Waals surface area contributed by atoms with Crippen molar-refractivity contribution in [3.63, 3.8) is 0 Å². The Labute approximate surface area is 132 Å². The fourth-order valence-corrected chi connectivity index (χ4v) is 2.12. The summed E-state index contributed by atoms with van der Waals surface area (Å²) in [5, 5.41) is 5.25. The maximum Gasteiger partial charge on any atom is 0.309 e. The molecule has 1 aromatic rings. The van der Waals surface area contributed by atoms with Gasteiger partial charge >= 0.3 is 11.8 Å². The van der Waals surface area contributed by atoms with Crippen LogP contribution in [0.2, 0.25) is 0 Å². The number of nitrogens with one attached hydrogen (secondary N) is 2. The van der Waals surface area contributed by atoms with Crippen LogP contribution in [-0.2, 0) is 16.1 Å². The quantitative estimate of drug-likeness (QED) is 0.544. The van der Waals surface area contributed by atoms with Crippen LogP contribution in [0.1, 0.15) is 44.6 Å². The van der Waals surface area contributed by atoms with Gasteiger partial charge in [-0.15, -0.1) is 0 Å². The average molecular weight is 306 g/mol. The van der Waals surface area contributed by atoms with E-state index in [9.17, 15) is 9.59 Å². The van der Waals surface area contributed by atoms with Gasteiger partial charge in [-0.25, -0.2) is 0 Å². The second-order valence-corrected chi connectivity index (χ2v) is 5.16. The van der Waals surface area contributed by atoms with Crippen LogP contribution in [-0.4, -0.2) is 25.5 Å². The Morgan fingerprint density at radius 2 is 1.68 bits per heavy atom. The maximum atomic E-state index is 11.7. The standard InChI is InChI=1S/C17H26N2O3/c1-3-4-5-6-9-12-18-16(20)17(21)19-13-14-10-7-8-11-15(14)22-2/h7-8,10-11H,3-6,9,12-13H2,1-2H3,(H,18,20)(H,19,21). The Balaban J connectivity index is 2.25. The molecule has 0 aliphatic heterocycles. The fraction of sp³-hybridized carbons (Fsp3) is 0.529. The number of para-hydroxylation sites is 1. The van der Waals surface area contributed by atoms with Crippen molar-refractivity contribution >= 4 is 11.8 Å². The molecule has 1 aromatic carbocycles. The monoisotopic (exact) mass is 306 g/mol. The third-order valence-electron chi connectivity index (χ3n) is 3.40. The summed E-state index contributed by atoms with van der Waals surface area (Å²) in [6.07, 6.45) is 5.57. The van der Waals surface area contributed by atoms with Crippen LogP contribution >= 0.6 is 0 Å². The number of carbonyl (C=O) groups excluding carboxylic acids is 2. The molecule has 0 spiro atoms. The highest BCUT2D eigenvalue weighted by Gasteiger charge is 2.13. The summed E-state index contributed by atoms with van der Waals surface area (Å²) in [6.45, 7) is 2.98. The first-order valence-corrected chi connectivity index (χ1v) is 7.87. The van der Waals surface area contributed by atoms with Crippen molar-refractivity contribution in [1.82, 2.24) is 10.6 Å². The number of hydrogen-bond donors (Lipinski definition) is 2. The van der Waals surface area contributed by atoms with Crippen LogP contribution in [0.15, 0.2) is 24.3 Å². The molecule has 1 rings (SSSR count). The lowest BCUT2D eigenvalue weighted by Crippen LogP contribution is -2.39. The van der Waals surface area contributed by atoms with E-state index in [4.69, 9.17) is 4.74 Å². The summed E-state index contributed by atoms with van der Waals surface area (Å²) in [7, 11) is 1.58. The molecule has 5 nitrogen and oxygen atoms in total. The van der Waals surface area contributed by atoms with Gasteiger partial charge in [-0.2, -0.15) is 0 Å². The second-order valence-electron chi connectivity index (χ2n) is 5.16. The minimum absolute atomic E-state index is 0.271. The second kappa shape index (κ2) is 10.7. The minimum atomic E-state index is -0.612. The molecule has 22 heavy (non-hydrogen) atoms. The number of hydrogen-bond acceptors (Lipinski definition) is 3. The van der Waals surface area contributed by atoms with Crippen LogP contribution in [0.4, 0.5) is 0 Å². The van der Waals surface area contributed by atoms with Gasteiger partial charge in [-0.05, 0) is 12.5 Å². The van der Waals surface area contributed by atoms with Gasteiger partial charge in [-0.1, -0.05) is 50.8 Å². The van der Waals surface area contributed by atoms with Gasteiger partial charge in [0.25, 0.3) is 0 Å². The predicted octanol–water partition coefficient (Wildman–Crippen LogP) is 2.40. The van der Waals surface area contributed by atoms with Gasteiger partial charge in [-0.3, -0.25) is 9.59 Å². The van der Waals surface area contributed by atoms with E-state index in [1.807, 2.05) is 24.3 Å². The minimum Gasteiger partial charge on any atom is -0.496 e. The molecule has 5 heteroatoms. The summed E-state index contributed by atoms with van der Waals surface area (Å²) < 4.78 is 5.20. The van der Waals surface area contributed by atoms with Crippen LogP contribution < -0.4 is 15.4 Å². The van der Waals surface area contributed by atoms with Gasteiger partial charge in [0.1, 0.15) is 5.75 Å². The first-order chi connectivity index (χ1) is 10.7. The molecule has 0 aliphatic carbocycles. The van der Waals surface area contributed by atoms with Crippen LogP contribution in [0.5, 0.6) is 5.75 Å². The molecule has 0 unspecified atom stereocenters. The van der Waals surface area contributed by atoms with Crippen molar-refractivity contribution in [3.05, 3.63) is 29.8 Å². The summed E-state index contributed by atoms with van der Waals surface area (Å²) in [4.78, 5) is 23.4. The van der Waals surface area contributed by atoms with Gasteiger partial charge in [0.2, 0.25) is 0 Å². The number of benzene rings is 1. The smallest absolute Gasteiger partial charge is 0.309 e. The summed E-state index contributed by atoms with van der Waals surface area (Å²) in [5.41, 5.74) is 0.839. The summed E-state index contributed by atoms with van der Waals surface area (Å²) in [6, 6.07) is 7.39. The molecular weight excluding hydrogens is 280 g/mol. The Morgan fingerprint density at radius 1 is 1.00 bits per heavy atom. The van der Waals surface area contributed by atoms with E-state index in [0.29, 0.717) is 12.3 Å². The molecule has 2 amide bonds. The highest BCUT2D eigenvalue weighted by molar-refractivity contribution is 6.35. The Kier molecular flexibility index (Phi) is 8.72. The molecule has 0 bridgehead atoms. The molecule has 0 heterocycles. The molecule has 0 aromatic heterocycles. The van der Waals surface area contributed by atoms with E-state index >= 15 is 0 Å². The Bertz CT molecular complexity index is 475. The van der Waals surface area contributed by atoms with E-state index in [0.717, 1.165) is 18.4 Å². The lowest BCUT2D eigenvalue weighted by molar-refractivity contribution is -0.139. The third kappa shape index (κ3) is 6.61. The van der Waals surface area contributed by atoms with Crippen molar-refractivity contribution in [3.8, 4) is 5.75 Å². The first-order valence-electron chi connectivity index (χ1n) is 7.87. The van der Waals surface area contributed by atoms with E-state index in [2.05, 4.69) is 17.6 Å². The molecule has 0 saturated heterocycles. The average Bonchev–Trinajstić information content (AvgIpc) is 2.55. The zero-order valence-corrected chi connectivity index (χ0v) is 13.5. The molecule has 2 N–H and O–H groups in total. The molecule has 0 atom stereocenters. The molecule has 0 radical (unpaired) electrons. The van der Waals surface area contributed by atoms with Crippen molar-refractivity contribution in [2.45, 2.75) is 45.6 Å². The number of ether oxygens (including phenoxy) is 1. The molecule has 0 saturated carbocycles. The molecule has 0 fully saturated rings. The lowest BCUT2D eigenvalue weighted by atomic mass is 10.1. The SMILES string of the molecule is CCCCCCCNC(=O)C(=O)NCc1ccccc1OC. The van der Waals surface area contributed by atoms with E-state index in [1.165, 1.54) is 19.3 Å². The largest absolute Gasteiger partial charge is 0.496 e. The molecule has 0 aliphatic rings. The number of methoxy groups -OCH3 is 1. The number of carbonyl (C=O) groups is 2. The van der Waals surface area contributed by atoms with Crippen molar-refractivity contribution in [2.75, 3.05) is 13.7 Å². The van der Waals surface area contributed by atoms with Crippen LogP contribution in [0.3, 0.4) is 0 Å². The van der Waals surface area contributed by atoms with Crippen LogP contribution in [0, 0.1) is 0 Å². The van der Waals surface area contributed by atoms with E-state index in [1.54, 1.807) is 7.11 Å². The number of amides is 2. The van der Waals surface area contributed by atoms with E-state index in [-0.39, 0.29) is 6.54 Å². The Hall–Kier alpha value is -2.04. The third-order valence-corrected chi connectivity index (χ3v) is 3.40.